The van der Waals surface area contributed by atoms with Crippen molar-refractivity contribution in [2.75, 3.05) is 13.4 Å². The molecule has 0 fully saturated rings. The number of rotatable bonds is 4. The monoisotopic (exact) mass is 331 g/mol. The van der Waals surface area contributed by atoms with Crippen LogP contribution in [-0.2, 0) is 0 Å². The fraction of sp³-hybridized carbons (Fsp3) is 0.118. The van der Waals surface area contributed by atoms with E-state index in [2.05, 4.69) is 48.7 Å². The van der Waals surface area contributed by atoms with E-state index >= 15 is 0 Å². The van der Waals surface area contributed by atoms with Crippen molar-refractivity contribution in [3.8, 4) is 27.3 Å². The second-order valence-corrected chi connectivity index (χ2v) is 7.68. The van der Waals surface area contributed by atoms with E-state index in [0.717, 1.165) is 5.75 Å². The highest BCUT2D eigenvalue weighted by Crippen LogP contribution is 2.47. The molecule has 2 aromatic carbocycles. The van der Waals surface area contributed by atoms with Gasteiger partial charge in [0.05, 0.1) is 12.7 Å². The summed E-state index contributed by atoms with van der Waals surface area (Å²) in [7, 11) is 5.39. The number of ether oxygens (including phenoxy) is 1. The maximum atomic E-state index is 5.25. The molecule has 1 nitrogen and oxygen atoms in total. The van der Waals surface area contributed by atoms with Crippen molar-refractivity contribution < 1.29 is 4.74 Å². The first kappa shape index (κ1) is 14.6. The molecule has 21 heavy (non-hydrogen) atoms. The van der Waals surface area contributed by atoms with Crippen molar-refractivity contribution in [2.45, 2.75) is 4.21 Å². The normalized spacial score (nSPS) is 10.6. The van der Waals surface area contributed by atoms with Crippen molar-refractivity contribution >= 4 is 32.4 Å². The molecule has 0 atom stereocenters. The molecule has 0 aliphatic heterocycles. The minimum atomic E-state index is 0.894. The first-order valence-electron chi connectivity index (χ1n) is 6.53. The van der Waals surface area contributed by atoms with Gasteiger partial charge in [0.1, 0.15) is 10.6 Å². The first-order chi connectivity index (χ1) is 10.3. The van der Waals surface area contributed by atoms with Gasteiger partial charge in [0.2, 0.25) is 0 Å². The Kier molecular flexibility index (Phi) is 4.58. The summed E-state index contributed by atoms with van der Waals surface area (Å²) < 4.78 is 6.62. The fourth-order valence-electron chi connectivity index (χ4n) is 2.18. The lowest BCUT2D eigenvalue weighted by molar-refractivity contribution is 0.415. The van der Waals surface area contributed by atoms with Gasteiger partial charge in [-0.3, -0.25) is 0 Å². The van der Waals surface area contributed by atoms with Crippen LogP contribution in [-0.4, -0.2) is 13.4 Å². The van der Waals surface area contributed by atoms with Gasteiger partial charge in [-0.05, 0) is 41.6 Å². The molecular weight excluding hydrogens is 316 g/mol. The summed E-state index contributed by atoms with van der Waals surface area (Å²) in [4.78, 5) is 1.33. The molecule has 3 rings (SSSR count). The first-order valence-corrected chi connectivity index (χ1v) is 9.91. The molecule has 0 amide bonds. The molecule has 0 aliphatic rings. The van der Waals surface area contributed by atoms with E-state index in [4.69, 9.17) is 4.74 Å². The minimum Gasteiger partial charge on any atom is -0.497 e. The SMILES string of the molecule is COc1ccc(-c2s[s+]c(SC)c2-c2ccccc2)cc1. The molecular formula is C17H15OS3+. The lowest BCUT2D eigenvalue weighted by Crippen LogP contribution is -1.83. The summed E-state index contributed by atoms with van der Waals surface area (Å²) in [6.45, 7) is 0. The Balaban J connectivity index is 2.12. The van der Waals surface area contributed by atoms with Gasteiger partial charge in [-0.1, -0.05) is 42.1 Å². The average molecular weight is 332 g/mol. The van der Waals surface area contributed by atoms with E-state index in [-0.39, 0.29) is 0 Å². The molecule has 0 bridgehead atoms. The van der Waals surface area contributed by atoms with Crippen molar-refractivity contribution in [3.05, 3.63) is 54.6 Å². The second kappa shape index (κ2) is 6.60. The van der Waals surface area contributed by atoms with Gasteiger partial charge in [-0.2, -0.15) is 0 Å². The van der Waals surface area contributed by atoms with Crippen LogP contribution in [0, 0.1) is 0 Å². The smallest absolute Gasteiger partial charge is 0.308 e. The van der Waals surface area contributed by atoms with Gasteiger partial charge in [-0.15, -0.1) is 0 Å². The summed E-state index contributed by atoms with van der Waals surface area (Å²) in [5.74, 6) is 0.894. The van der Waals surface area contributed by atoms with Crippen LogP contribution in [0.25, 0.3) is 21.6 Å². The Morgan fingerprint density at radius 1 is 0.952 bits per heavy atom. The summed E-state index contributed by atoms with van der Waals surface area (Å²) in [6.07, 6.45) is 2.14. The summed E-state index contributed by atoms with van der Waals surface area (Å²) >= 11 is 1.82. The summed E-state index contributed by atoms with van der Waals surface area (Å²) in [5, 5.41) is 0. The van der Waals surface area contributed by atoms with E-state index in [0.29, 0.717) is 0 Å². The van der Waals surface area contributed by atoms with E-state index in [9.17, 15) is 0 Å². The largest absolute Gasteiger partial charge is 0.497 e. The Morgan fingerprint density at radius 2 is 1.67 bits per heavy atom. The number of benzene rings is 2. The third kappa shape index (κ3) is 2.98. The average Bonchev–Trinajstić information content (AvgIpc) is 2.99. The molecule has 3 aromatic rings. The van der Waals surface area contributed by atoms with Crippen LogP contribution in [0.4, 0.5) is 0 Å². The Labute approximate surface area is 136 Å². The Bertz CT molecular complexity index is 718. The van der Waals surface area contributed by atoms with E-state index < -0.39 is 0 Å². The van der Waals surface area contributed by atoms with E-state index in [1.807, 2.05) is 44.6 Å². The lowest BCUT2D eigenvalue weighted by Gasteiger charge is -2.04. The van der Waals surface area contributed by atoms with Crippen molar-refractivity contribution in [2.24, 2.45) is 0 Å². The molecule has 106 valence electrons. The van der Waals surface area contributed by atoms with Crippen molar-refractivity contribution in [1.82, 2.24) is 0 Å². The predicted molar refractivity (Wildman–Crippen MR) is 95.8 cm³/mol. The predicted octanol–water partition coefficient (Wildman–Crippen LogP) is 6.16. The Hall–Kier alpha value is -1.36. The highest BCUT2D eigenvalue weighted by Gasteiger charge is 2.25. The van der Waals surface area contributed by atoms with Crippen molar-refractivity contribution in [1.29, 1.82) is 0 Å². The number of methoxy groups -OCH3 is 1. The highest BCUT2D eigenvalue weighted by atomic mass is 32.9. The van der Waals surface area contributed by atoms with Crippen LogP contribution in [0.1, 0.15) is 0 Å². The van der Waals surface area contributed by atoms with Gasteiger partial charge in [0, 0.05) is 0 Å². The maximum Gasteiger partial charge on any atom is 0.308 e. The quantitative estimate of drug-likeness (QED) is 0.322. The molecule has 0 spiro atoms. The topological polar surface area (TPSA) is 9.23 Å². The van der Waals surface area contributed by atoms with Crippen LogP contribution in [0.3, 0.4) is 0 Å². The fourth-order valence-corrected chi connectivity index (χ4v) is 6.19. The standard InChI is InChI=1S/C17H15OS3/c1-18-14-10-8-13(9-11-14)16-15(17(19-2)21-20-16)12-6-4-3-5-7-12/h3-11H,1-2H3/q+1. The molecule has 0 aliphatic carbocycles. The second-order valence-electron chi connectivity index (χ2n) is 4.46. The molecule has 1 aromatic heterocycles. The molecule has 0 saturated heterocycles. The third-order valence-electron chi connectivity index (χ3n) is 3.23. The van der Waals surface area contributed by atoms with Crippen LogP contribution in [0.5, 0.6) is 5.75 Å². The lowest BCUT2D eigenvalue weighted by atomic mass is 10.0. The highest BCUT2D eigenvalue weighted by molar-refractivity contribution is 8.02. The van der Waals surface area contributed by atoms with Crippen LogP contribution in [0.2, 0.25) is 0 Å². The minimum absolute atomic E-state index is 0.894. The van der Waals surface area contributed by atoms with Gasteiger partial charge in [0.15, 0.2) is 10.3 Å². The van der Waals surface area contributed by atoms with Gasteiger partial charge in [0.25, 0.3) is 4.21 Å². The zero-order valence-electron chi connectivity index (χ0n) is 11.8. The van der Waals surface area contributed by atoms with Crippen LogP contribution >= 0.6 is 32.4 Å². The number of hydrogen-bond acceptors (Lipinski definition) is 3. The zero-order valence-corrected chi connectivity index (χ0v) is 14.3. The molecule has 1 heterocycles. The zero-order chi connectivity index (χ0) is 14.7. The summed E-state index contributed by atoms with van der Waals surface area (Å²) in [6, 6.07) is 18.9. The van der Waals surface area contributed by atoms with Crippen LogP contribution < -0.4 is 4.74 Å². The van der Waals surface area contributed by atoms with Gasteiger partial charge in [-0.25, -0.2) is 0 Å². The number of hydrogen-bond donors (Lipinski definition) is 0. The van der Waals surface area contributed by atoms with Gasteiger partial charge >= 0.3 is 10.3 Å². The molecule has 0 unspecified atom stereocenters. The molecule has 0 N–H and O–H groups in total. The van der Waals surface area contributed by atoms with Crippen LogP contribution in [0.15, 0.2) is 58.8 Å². The molecule has 0 saturated carbocycles. The van der Waals surface area contributed by atoms with E-state index in [1.54, 1.807) is 7.11 Å². The Morgan fingerprint density at radius 3 is 2.29 bits per heavy atom. The molecule has 4 heteroatoms. The number of thioether (sulfide) groups is 1. The third-order valence-corrected chi connectivity index (χ3v) is 7.17. The summed E-state index contributed by atoms with van der Waals surface area (Å²) in [5.41, 5.74) is 3.88. The maximum absolute atomic E-state index is 5.25. The van der Waals surface area contributed by atoms with Crippen molar-refractivity contribution in [3.63, 3.8) is 0 Å². The molecule has 0 radical (unpaired) electrons. The van der Waals surface area contributed by atoms with E-state index in [1.165, 1.54) is 25.8 Å². The van der Waals surface area contributed by atoms with Gasteiger partial charge < -0.3 is 4.74 Å².